The van der Waals surface area contributed by atoms with Crippen LogP contribution in [0.2, 0.25) is 0 Å². The molecule has 6 heteroatoms. The minimum absolute atomic E-state index is 0.285. The van der Waals surface area contributed by atoms with Crippen molar-refractivity contribution in [2.45, 2.75) is 38.3 Å². The summed E-state index contributed by atoms with van der Waals surface area (Å²) in [6.07, 6.45) is 7.83. The van der Waals surface area contributed by atoms with Gasteiger partial charge in [0.2, 0.25) is 5.13 Å². The molecule has 1 aliphatic rings. The van der Waals surface area contributed by atoms with Crippen molar-refractivity contribution in [3.63, 3.8) is 0 Å². The highest BCUT2D eigenvalue weighted by molar-refractivity contribution is 7.15. The highest BCUT2D eigenvalue weighted by Crippen LogP contribution is 2.21. The first kappa shape index (κ1) is 14.0. The van der Waals surface area contributed by atoms with E-state index in [0.29, 0.717) is 0 Å². The number of aromatic nitrogens is 2. The van der Waals surface area contributed by atoms with Crippen molar-refractivity contribution >= 4 is 16.5 Å². The van der Waals surface area contributed by atoms with E-state index >= 15 is 0 Å². The van der Waals surface area contributed by atoms with Crippen LogP contribution in [0.3, 0.4) is 0 Å². The second-order valence-corrected chi connectivity index (χ2v) is 6.14. The van der Waals surface area contributed by atoms with Crippen LogP contribution in [-0.4, -0.2) is 34.0 Å². The Kier molecular flexibility index (Phi) is 4.21. The van der Waals surface area contributed by atoms with Gasteiger partial charge in [0, 0.05) is 25.7 Å². The molecule has 2 rings (SSSR count). The Morgan fingerprint density at radius 3 is 2.79 bits per heavy atom. The lowest BCUT2D eigenvalue weighted by atomic mass is 9.95. The first-order chi connectivity index (χ1) is 8.99. The number of dihydropyridines is 1. The van der Waals surface area contributed by atoms with Gasteiger partial charge < -0.3 is 15.7 Å². The summed E-state index contributed by atoms with van der Waals surface area (Å²) in [6, 6.07) is 0.285. The van der Waals surface area contributed by atoms with Crippen LogP contribution in [0.15, 0.2) is 23.9 Å². The second-order valence-electron chi connectivity index (χ2n) is 5.08. The van der Waals surface area contributed by atoms with E-state index in [9.17, 15) is 5.11 Å². The van der Waals surface area contributed by atoms with Crippen molar-refractivity contribution in [2.75, 3.05) is 12.4 Å². The van der Waals surface area contributed by atoms with E-state index in [4.69, 9.17) is 0 Å². The third kappa shape index (κ3) is 3.78. The molecule has 0 amide bonds. The molecule has 1 aliphatic heterocycles. The normalized spacial score (nSPS) is 18.9. The Labute approximate surface area is 117 Å². The summed E-state index contributed by atoms with van der Waals surface area (Å²) in [7, 11) is 1.85. The first-order valence-corrected chi connectivity index (χ1v) is 7.18. The SMILES string of the molecule is CNc1nnc(CCC2C=CC(C(C)(C)O)=CN2)s1. The second kappa shape index (κ2) is 5.71. The summed E-state index contributed by atoms with van der Waals surface area (Å²) in [5, 5.41) is 26.2. The van der Waals surface area contributed by atoms with Crippen molar-refractivity contribution in [1.82, 2.24) is 15.5 Å². The van der Waals surface area contributed by atoms with Crippen molar-refractivity contribution in [3.05, 3.63) is 28.9 Å². The van der Waals surface area contributed by atoms with Gasteiger partial charge in [-0.1, -0.05) is 23.5 Å². The average Bonchev–Trinajstić information content (AvgIpc) is 2.84. The molecule has 3 N–H and O–H groups in total. The van der Waals surface area contributed by atoms with E-state index in [0.717, 1.165) is 28.6 Å². The molecule has 5 nitrogen and oxygen atoms in total. The van der Waals surface area contributed by atoms with Crippen LogP contribution in [-0.2, 0) is 6.42 Å². The van der Waals surface area contributed by atoms with Gasteiger partial charge in [-0.2, -0.15) is 0 Å². The summed E-state index contributed by atoms with van der Waals surface area (Å²) >= 11 is 1.59. The molecule has 19 heavy (non-hydrogen) atoms. The number of anilines is 1. The molecule has 0 saturated carbocycles. The number of nitrogens with one attached hydrogen (secondary N) is 2. The number of aliphatic hydroxyl groups is 1. The van der Waals surface area contributed by atoms with Crippen molar-refractivity contribution in [3.8, 4) is 0 Å². The average molecular weight is 280 g/mol. The van der Waals surface area contributed by atoms with Gasteiger partial charge in [-0.25, -0.2) is 0 Å². The quantitative estimate of drug-likeness (QED) is 0.766. The van der Waals surface area contributed by atoms with E-state index in [1.54, 1.807) is 25.2 Å². The fraction of sp³-hybridized carbons (Fsp3) is 0.538. The number of aryl methyl sites for hydroxylation is 1. The minimum atomic E-state index is -0.796. The van der Waals surface area contributed by atoms with E-state index in [1.165, 1.54) is 0 Å². The van der Waals surface area contributed by atoms with Crippen LogP contribution in [0, 0.1) is 0 Å². The van der Waals surface area contributed by atoms with Crippen molar-refractivity contribution in [1.29, 1.82) is 0 Å². The molecule has 0 aromatic carbocycles. The Morgan fingerprint density at radius 2 is 2.26 bits per heavy atom. The summed E-state index contributed by atoms with van der Waals surface area (Å²) in [5.41, 5.74) is 0.104. The Hall–Kier alpha value is -1.40. The zero-order valence-electron chi connectivity index (χ0n) is 11.5. The number of hydrogen-bond acceptors (Lipinski definition) is 6. The van der Waals surface area contributed by atoms with Crippen LogP contribution >= 0.6 is 11.3 Å². The Morgan fingerprint density at radius 1 is 1.47 bits per heavy atom. The summed E-state index contributed by atoms with van der Waals surface area (Å²) < 4.78 is 0. The maximum absolute atomic E-state index is 9.88. The van der Waals surface area contributed by atoms with Gasteiger partial charge in [0.25, 0.3) is 0 Å². The molecule has 0 fully saturated rings. The van der Waals surface area contributed by atoms with Gasteiger partial charge >= 0.3 is 0 Å². The summed E-state index contributed by atoms with van der Waals surface area (Å²) in [4.78, 5) is 0. The van der Waals surface area contributed by atoms with E-state index in [2.05, 4.69) is 26.9 Å². The highest BCUT2D eigenvalue weighted by atomic mass is 32.1. The third-order valence-corrected chi connectivity index (χ3v) is 4.02. The molecule has 0 aliphatic carbocycles. The molecular weight excluding hydrogens is 260 g/mol. The number of rotatable bonds is 5. The van der Waals surface area contributed by atoms with Gasteiger partial charge in [-0.05, 0) is 25.8 Å². The first-order valence-electron chi connectivity index (χ1n) is 6.36. The van der Waals surface area contributed by atoms with E-state index < -0.39 is 5.60 Å². The van der Waals surface area contributed by atoms with Gasteiger partial charge in [-0.3, -0.25) is 0 Å². The smallest absolute Gasteiger partial charge is 0.205 e. The van der Waals surface area contributed by atoms with E-state index in [-0.39, 0.29) is 6.04 Å². The molecule has 1 aromatic heterocycles. The van der Waals surface area contributed by atoms with Crippen LogP contribution in [0.4, 0.5) is 5.13 Å². The predicted molar refractivity (Wildman–Crippen MR) is 78.2 cm³/mol. The summed E-state index contributed by atoms with van der Waals surface area (Å²) in [5.74, 6) is 0. The molecule has 0 radical (unpaired) electrons. The molecule has 0 bridgehead atoms. The van der Waals surface area contributed by atoms with Gasteiger partial charge in [0.05, 0.1) is 5.60 Å². The predicted octanol–water partition coefficient (Wildman–Crippen LogP) is 1.70. The zero-order valence-corrected chi connectivity index (χ0v) is 12.3. The fourth-order valence-corrected chi connectivity index (χ4v) is 2.52. The molecule has 0 saturated heterocycles. The van der Waals surface area contributed by atoms with E-state index in [1.807, 2.05) is 19.3 Å². The lowest BCUT2D eigenvalue weighted by Crippen LogP contribution is -2.31. The van der Waals surface area contributed by atoms with Gasteiger partial charge in [-0.15, -0.1) is 10.2 Å². The number of nitrogens with zero attached hydrogens (tertiary/aromatic N) is 2. The molecule has 2 heterocycles. The molecule has 1 unspecified atom stereocenters. The largest absolute Gasteiger partial charge is 0.386 e. The minimum Gasteiger partial charge on any atom is -0.386 e. The Bertz CT molecular complexity index is 487. The Balaban J connectivity index is 1.84. The zero-order chi connectivity index (χ0) is 13.9. The van der Waals surface area contributed by atoms with Crippen LogP contribution in [0.5, 0.6) is 0 Å². The maximum atomic E-state index is 9.88. The lowest BCUT2D eigenvalue weighted by molar-refractivity contribution is 0.122. The maximum Gasteiger partial charge on any atom is 0.205 e. The molecule has 0 spiro atoms. The van der Waals surface area contributed by atoms with Crippen molar-refractivity contribution < 1.29 is 5.11 Å². The van der Waals surface area contributed by atoms with Crippen LogP contribution in [0.25, 0.3) is 0 Å². The van der Waals surface area contributed by atoms with Crippen LogP contribution in [0.1, 0.15) is 25.3 Å². The van der Waals surface area contributed by atoms with Crippen molar-refractivity contribution in [2.24, 2.45) is 0 Å². The van der Waals surface area contributed by atoms with Gasteiger partial charge in [0.1, 0.15) is 5.01 Å². The number of hydrogen-bond donors (Lipinski definition) is 3. The summed E-state index contributed by atoms with van der Waals surface area (Å²) in [6.45, 7) is 3.57. The lowest BCUT2D eigenvalue weighted by Gasteiger charge is -2.25. The molecule has 1 aromatic rings. The third-order valence-electron chi connectivity index (χ3n) is 3.02. The highest BCUT2D eigenvalue weighted by Gasteiger charge is 2.20. The van der Waals surface area contributed by atoms with Gasteiger partial charge in [0.15, 0.2) is 0 Å². The molecule has 1 atom stereocenters. The standard InChI is InChI=1S/C13H20N4OS/c1-13(2,18)9-4-5-10(15-8-9)6-7-11-16-17-12(14-3)19-11/h4-5,8,10,15,18H,6-7H2,1-3H3,(H,14,17). The monoisotopic (exact) mass is 280 g/mol. The molecule has 104 valence electrons. The topological polar surface area (TPSA) is 70.1 Å². The fourth-order valence-electron chi connectivity index (χ4n) is 1.82. The van der Waals surface area contributed by atoms with Crippen LogP contribution < -0.4 is 10.6 Å². The molecular formula is C13H20N4OS.